The fourth-order valence-electron chi connectivity index (χ4n) is 3.57. The number of hydrogen-bond donors (Lipinski definition) is 0. The molecule has 4 aromatic rings. The molecule has 0 N–H and O–H groups in total. The molecule has 0 saturated carbocycles. The molecular weight excluding hydrogens is 565 g/mol. The zero-order valence-corrected chi connectivity index (χ0v) is 21.4. The smallest absolute Gasteiger partial charge is 0.397 e. The van der Waals surface area contributed by atoms with Crippen LogP contribution < -0.4 is 0 Å². The van der Waals surface area contributed by atoms with Crippen molar-refractivity contribution in [1.82, 2.24) is 0 Å². The van der Waals surface area contributed by atoms with E-state index < -0.39 is 34.3 Å². The SMILES string of the molecule is O=C(OS(c1ccccc1)(c1ccccc1)c1ccc(Sc2ccccc2)cc1)C(F)(F)C(F)(F)C(F)(F)F. The number of carbonyl (C=O) groups is 1. The zero-order valence-electron chi connectivity index (χ0n) is 19.7. The summed E-state index contributed by atoms with van der Waals surface area (Å²) >= 11 is 1.38. The van der Waals surface area contributed by atoms with E-state index in [1.54, 1.807) is 24.3 Å². The molecule has 39 heavy (non-hydrogen) atoms. The standard InChI is InChI=1S/C28H19F7O2S2/c29-26(30,27(31,32)28(33,34)35)25(36)37-39(22-12-6-2-7-13-22,23-14-8-3-9-15-23)24-18-16-21(17-19-24)38-20-10-4-1-5-11-20/h1-19H. The fraction of sp³-hybridized carbons (Fsp3) is 0.107. The third kappa shape index (κ3) is 5.51. The molecule has 0 bridgehead atoms. The van der Waals surface area contributed by atoms with E-state index in [4.69, 9.17) is 4.18 Å². The van der Waals surface area contributed by atoms with Gasteiger partial charge in [-0.3, -0.25) is 0 Å². The Hall–Kier alpha value is -3.44. The minimum Gasteiger partial charge on any atom is -0.397 e. The molecule has 0 radical (unpaired) electrons. The topological polar surface area (TPSA) is 26.3 Å². The van der Waals surface area contributed by atoms with Crippen LogP contribution in [-0.4, -0.2) is 24.0 Å². The molecule has 0 aliphatic rings. The van der Waals surface area contributed by atoms with Crippen LogP contribution in [0, 0.1) is 0 Å². The average Bonchev–Trinajstić information content (AvgIpc) is 2.93. The molecule has 0 aromatic heterocycles. The number of rotatable bonds is 8. The highest BCUT2D eigenvalue weighted by Gasteiger charge is 2.77. The van der Waals surface area contributed by atoms with Gasteiger partial charge in [-0.15, -0.1) is 0 Å². The molecule has 0 atom stereocenters. The van der Waals surface area contributed by atoms with Crippen molar-refractivity contribution in [3.8, 4) is 0 Å². The van der Waals surface area contributed by atoms with Gasteiger partial charge in [0.2, 0.25) is 0 Å². The van der Waals surface area contributed by atoms with Crippen molar-refractivity contribution in [2.75, 3.05) is 0 Å². The summed E-state index contributed by atoms with van der Waals surface area (Å²) in [6.07, 6.45) is -6.69. The van der Waals surface area contributed by atoms with Crippen LogP contribution in [-0.2, 0) is 8.98 Å². The number of halogens is 7. The Morgan fingerprint density at radius 2 is 0.949 bits per heavy atom. The summed E-state index contributed by atoms with van der Waals surface area (Å²) in [6.45, 7) is 0. The van der Waals surface area contributed by atoms with E-state index in [1.807, 2.05) is 30.3 Å². The summed E-state index contributed by atoms with van der Waals surface area (Å²) in [6, 6.07) is 30.4. The summed E-state index contributed by atoms with van der Waals surface area (Å²) in [5.74, 6) is -15.8. The largest absolute Gasteiger partial charge is 0.460 e. The lowest BCUT2D eigenvalue weighted by Gasteiger charge is -2.41. The lowest BCUT2D eigenvalue weighted by atomic mass is 10.1. The summed E-state index contributed by atoms with van der Waals surface area (Å²) < 4.78 is 101. The molecule has 0 amide bonds. The lowest BCUT2D eigenvalue weighted by molar-refractivity contribution is -0.346. The summed E-state index contributed by atoms with van der Waals surface area (Å²) in [7, 11) is -3.55. The molecule has 0 heterocycles. The monoisotopic (exact) mass is 584 g/mol. The van der Waals surface area contributed by atoms with Gasteiger partial charge in [0.1, 0.15) is 0 Å². The molecule has 0 unspecified atom stereocenters. The molecule has 2 nitrogen and oxygen atoms in total. The van der Waals surface area contributed by atoms with E-state index >= 15 is 0 Å². The van der Waals surface area contributed by atoms with Gasteiger partial charge in [-0.25, -0.2) is 4.79 Å². The van der Waals surface area contributed by atoms with Crippen molar-refractivity contribution in [3.05, 3.63) is 115 Å². The van der Waals surface area contributed by atoms with Gasteiger partial charge in [0.15, 0.2) is 0 Å². The van der Waals surface area contributed by atoms with Crippen LogP contribution in [0.1, 0.15) is 0 Å². The van der Waals surface area contributed by atoms with Crippen molar-refractivity contribution in [2.45, 2.75) is 42.5 Å². The van der Waals surface area contributed by atoms with Crippen molar-refractivity contribution in [2.24, 2.45) is 0 Å². The van der Waals surface area contributed by atoms with Gasteiger partial charge in [0.25, 0.3) is 0 Å². The first kappa shape index (κ1) is 28.6. The van der Waals surface area contributed by atoms with Crippen LogP contribution in [0.5, 0.6) is 0 Å². The Bertz CT molecular complexity index is 1360. The highest BCUT2D eigenvalue weighted by atomic mass is 32.3. The molecule has 4 rings (SSSR count). The van der Waals surface area contributed by atoms with Crippen LogP contribution in [0.25, 0.3) is 0 Å². The molecule has 0 aliphatic carbocycles. The Balaban J connectivity index is 1.87. The highest BCUT2D eigenvalue weighted by molar-refractivity contribution is 8.30. The quantitative estimate of drug-likeness (QED) is 0.193. The maximum atomic E-state index is 14.5. The van der Waals surface area contributed by atoms with Crippen LogP contribution in [0.3, 0.4) is 0 Å². The van der Waals surface area contributed by atoms with Gasteiger partial charge in [0.05, 0.1) is 0 Å². The lowest BCUT2D eigenvalue weighted by Crippen LogP contribution is -2.56. The first-order chi connectivity index (χ1) is 18.4. The minimum absolute atomic E-state index is 0.136. The average molecular weight is 585 g/mol. The van der Waals surface area contributed by atoms with Gasteiger partial charge in [-0.05, 0) is 71.0 Å². The summed E-state index contributed by atoms with van der Waals surface area (Å²) in [4.78, 5) is 14.7. The zero-order chi connectivity index (χ0) is 28.3. The van der Waals surface area contributed by atoms with Gasteiger partial charge >= 0.3 is 24.0 Å². The molecule has 4 aromatic carbocycles. The molecule has 0 spiro atoms. The normalized spacial score (nSPS) is 13.1. The Labute approximate surface area is 225 Å². The van der Waals surface area contributed by atoms with Crippen molar-refractivity contribution < 1.29 is 39.7 Å². The predicted octanol–water partition coefficient (Wildman–Crippen LogP) is 9.41. The number of alkyl halides is 7. The summed E-state index contributed by atoms with van der Waals surface area (Å²) in [5.41, 5.74) is 0. The molecular formula is C28H19F7O2S2. The number of benzene rings is 4. The van der Waals surface area contributed by atoms with E-state index in [2.05, 4.69) is 0 Å². The fourth-order valence-corrected chi connectivity index (χ4v) is 7.45. The van der Waals surface area contributed by atoms with Gasteiger partial charge in [-0.1, -0.05) is 66.4 Å². The summed E-state index contributed by atoms with van der Waals surface area (Å²) in [5, 5.41) is 0. The number of hydrogen-bond acceptors (Lipinski definition) is 3. The predicted molar refractivity (Wildman–Crippen MR) is 134 cm³/mol. The van der Waals surface area contributed by atoms with E-state index in [1.165, 1.54) is 72.4 Å². The van der Waals surface area contributed by atoms with Crippen LogP contribution in [0.2, 0.25) is 0 Å². The highest BCUT2D eigenvalue weighted by Crippen LogP contribution is 2.70. The van der Waals surface area contributed by atoms with Crippen LogP contribution >= 0.6 is 22.1 Å². The maximum Gasteiger partial charge on any atom is 0.460 e. The Morgan fingerprint density at radius 1 is 0.564 bits per heavy atom. The minimum atomic E-state index is -6.69. The molecule has 0 fully saturated rings. The van der Waals surface area contributed by atoms with E-state index in [0.29, 0.717) is 0 Å². The second-order valence-corrected chi connectivity index (χ2v) is 11.9. The van der Waals surface area contributed by atoms with E-state index in [0.717, 1.165) is 9.79 Å². The van der Waals surface area contributed by atoms with Crippen molar-refractivity contribution in [3.63, 3.8) is 0 Å². The molecule has 0 aliphatic heterocycles. The maximum absolute atomic E-state index is 14.5. The van der Waals surface area contributed by atoms with Crippen molar-refractivity contribution in [1.29, 1.82) is 0 Å². The van der Waals surface area contributed by atoms with E-state index in [-0.39, 0.29) is 14.7 Å². The third-order valence-electron chi connectivity index (χ3n) is 5.49. The van der Waals surface area contributed by atoms with Crippen LogP contribution in [0.15, 0.2) is 140 Å². The van der Waals surface area contributed by atoms with E-state index in [9.17, 15) is 35.5 Å². The third-order valence-corrected chi connectivity index (χ3v) is 9.72. The first-order valence-corrected chi connectivity index (χ1v) is 13.6. The molecule has 11 heteroatoms. The second-order valence-electron chi connectivity index (χ2n) is 8.09. The number of carbonyl (C=O) groups excluding carboxylic acids is 1. The van der Waals surface area contributed by atoms with Crippen molar-refractivity contribution >= 4 is 28.0 Å². The van der Waals surface area contributed by atoms with Gasteiger partial charge in [0, 0.05) is 24.5 Å². The Morgan fingerprint density at radius 3 is 1.38 bits per heavy atom. The van der Waals surface area contributed by atoms with Gasteiger partial charge in [-0.2, -0.15) is 30.7 Å². The Kier molecular flexibility index (Phi) is 8.04. The second kappa shape index (κ2) is 11.0. The molecule has 204 valence electrons. The van der Waals surface area contributed by atoms with Gasteiger partial charge < -0.3 is 4.18 Å². The molecule has 0 saturated heterocycles. The first-order valence-electron chi connectivity index (χ1n) is 11.2. The van der Waals surface area contributed by atoms with Crippen LogP contribution in [0.4, 0.5) is 30.7 Å².